The van der Waals surface area contributed by atoms with Gasteiger partial charge in [-0.2, -0.15) is 0 Å². The van der Waals surface area contributed by atoms with Gasteiger partial charge in [0.15, 0.2) is 0 Å². The van der Waals surface area contributed by atoms with Gasteiger partial charge in [0.25, 0.3) is 0 Å². The Kier molecular flexibility index (Phi) is 7.82. The number of amides is 2. The van der Waals surface area contributed by atoms with Gasteiger partial charge in [-0.1, -0.05) is 19.3 Å². The van der Waals surface area contributed by atoms with E-state index in [1.54, 1.807) is 0 Å². The zero-order chi connectivity index (χ0) is 16.1. The molecule has 0 bridgehead atoms. The average molecular weight is 358 g/mol. The summed E-state index contributed by atoms with van der Waals surface area (Å²) in [5.41, 5.74) is 0. The van der Waals surface area contributed by atoms with Gasteiger partial charge < -0.3 is 15.5 Å². The molecule has 2 saturated heterocycles. The normalized spacial score (nSPS) is 27.8. The van der Waals surface area contributed by atoms with Crippen LogP contribution in [-0.4, -0.2) is 48.9 Å². The van der Waals surface area contributed by atoms with E-state index in [1.165, 1.54) is 25.7 Å². The summed E-state index contributed by atoms with van der Waals surface area (Å²) in [6.45, 7) is 3.67. The SMILES string of the molecule is Cl.O=C(CCC1CCNC1)NC1CCN(C(=O)C2CCCCC2)C1. The van der Waals surface area contributed by atoms with Gasteiger partial charge in [0.05, 0.1) is 0 Å². The number of nitrogens with one attached hydrogen (secondary N) is 2. The Bertz CT molecular complexity index is 420. The highest BCUT2D eigenvalue weighted by molar-refractivity contribution is 5.85. The second kappa shape index (κ2) is 9.62. The second-order valence-corrected chi connectivity index (χ2v) is 7.57. The molecule has 2 amide bonds. The molecule has 1 aliphatic carbocycles. The number of likely N-dealkylation sites (tertiary alicyclic amines) is 1. The molecular weight excluding hydrogens is 326 g/mol. The van der Waals surface area contributed by atoms with Crippen LogP contribution in [0.15, 0.2) is 0 Å². The van der Waals surface area contributed by atoms with Crippen molar-refractivity contribution < 1.29 is 9.59 Å². The van der Waals surface area contributed by atoms with Gasteiger partial charge in [0.1, 0.15) is 0 Å². The molecular formula is C18H32ClN3O2. The quantitative estimate of drug-likeness (QED) is 0.792. The van der Waals surface area contributed by atoms with Crippen molar-refractivity contribution in [3.05, 3.63) is 0 Å². The van der Waals surface area contributed by atoms with Crippen molar-refractivity contribution in [2.75, 3.05) is 26.2 Å². The lowest BCUT2D eigenvalue weighted by Gasteiger charge is -2.26. The van der Waals surface area contributed by atoms with Crippen LogP contribution >= 0.6 is 12.4 Å². The summed E-state index contributed by atoms with van der Waals surface area (Å²) < 4.78 is 0. The molecule has 2 aliphatic heterocycles. The van der Waals surface area contributed by atoms with E-state index in [2.05, 4.69) is 10.6 Å². The summed E-state index contributed by atoms with van der Waals surface area (Å²) in [6, 6.07) is 0.164. The number of rotatable bonds is 5. The molecule has 0 aromatic carbocycles. The highest BCUT2D eigenvalue weighted by atomic mass is 35.5. The van der Waals surface area contributed by atoms with Gasteiger partial charge in [0.2, 0.25) is 11.8 Å². The largest absolute Gasteiger partial charge is 0.352 e. The van der Waals surface area contributed by atoms with Crippen molar-refractivity contribution in [1.29, 1.82) is 0 Å². The first-order valence-corrected chi connectivity index (χ1v) is 9.51. The van der Waals surface area contributed by atoms with E-state index in [9.17, 15) is 9.59 Å². The fourth-order valence-electron chi connectivity index (χ4n) is 4.28. The minimum Gasteiger partial charge on any atom is -0.352 e. The lowest BCUT2D eigenvalue weighted by atomic mass is 9.88. The molecule has 0 radical (unpaired) electrons. The Morgan fingerprint density at radius 2 is 1.88 bits per heavy atom. The third kappa shape index (κ3) is 5.35. The van der Waals surface area contributed by atoms with Crippen LogP contribution in [0.25, 0.3) is 0 Å². The molecule has 3 rings (SSSR count). The van der Waals surface area contributed by atoms with Gasteiger partial charge in [-0.05, 0) is 51.1 Å². The molecule has 2 heterocycles. The topological polar surface area (TPSA) is 61.4 Å². The van der Waals surface area contributed by atoms with Gasteiger partial charge in [-0.3, -0.25) is 9.59 Å². The third-order valence-electron chi connectivity index (χ3n) is 5.76. The van der Waals surface area contributed by atoms with Crippen molar-refractivity contribution >= 4 is 24.2 Å². The van der Waals surface area contributed by atoms with Crippen molar-refractivity contribution in [2.24, 2.45) is 11.8 Å². The molecule has 3 aliphatic rings. The van der Waals surface area contributed by atoms with Crippen LogP contribution in [0.3, 0.4) is 0 Å². The van der Waals surface area contributed by atoms with Crippen LogP contribution in [0.4, 0.5) is 0 Å². The van der Waals surface area contributed by atoms with Crippen LogP contribution in [-0.2, 0) is 9.59 Å². The zero-order valence-corrected chi connectivity index (χ0v) is 15.4. The maximum absolute atomic E-state index is 12.5. The molecule has 1 saturated carbocycles. The Hall–Kier alpha value is -0.810. The highest BCUT2D eigenvalue weighted by Crippen LogP contribution is 2.26. The molecule has 6 heteroatoms. The third-order valence-corrected chi connectivity index (χ3v) is 5.76. The van der Waals surface area contributed by atoms with Gasteiger partial charge in [-0.15, -0.1) is 12.4 Å². The molecule has 0 aromatic rings. The summed E-state index contributed by atoms with van der Waals surface area (Å²) in [5, 5.41) is 6.48. The molecule has 2 N–H and O–H groups in total. The maximum Gasteiger partial charge on any atom is 0.225 e. The molecule has 24 heavy (non-hydrogen) atoms. The fourth-order valence-corrected chi connectivity index (χ4v) is 4.28. The fraction of sp³-hybridized carbons (Fsp3) is 0.889. The molecule has 2 unspecified atom stereocenters. The standard InChI is InChI=1S/C18H31N3O2.ClH/c22-17(7-6-14-8-10-19-12-14)20-16-9-11-21(13-16)18(23)15-4-2-1-3-5-15;/h14-16,19H,1-13H2,(H,20,22);1H. The van der Waals surface area contributed by atoms with E-state index in [0.29, 0.717) is 24.8 Å². The zero-order valence-electron chi connectivity index (χ0n) is 14.6. The lowest BCUT2D eigenvalue weighted by molar-refractivity contribution is -0.135. The number of hydrogen-bond acceptors (Lipinski definition) is 3. The summed E-state index contributed by atoms with van der Waals surface area (Å²) >= 11 is 0. The lowest BCUT2D eigenvalue weighted by Crippen LogP contribution is -2.40. The molecule has 2 atom stereocenters. The highest BCUT2D eigenvalue weighted by Gasteiger charge is 2.32. The van der Waals surface area contributed by atoms with Gasteiger partial charge >= 0.3 is 0 Å². The smallest absolute Gasteiger partial charge is 0.225 e. The van der Waals surface area contributed by atoms with Crippen LogP contribution < -0.4 is 10.6 Å². The van der Waals surface area contributed by atoms with Crippen LogP contribution in [0.5, 0.6) is 0 Å². The number of carbonyl (C=O) groups is 2. The maximum atomic E-state index is 12.5. The number of nitrogens with zero attached hydrogens (tertiary/aromatic N) is 1. The first-order chi connectivity index (χ1) is 11.2. The molecule has 0 spiro atoms. The van der Waals surface area contributed by atoms with E-state index in [-0.39, 0.29) is 30.3 Å². The first kappa shape index (κ1) is 19.5. The van der Waals surface area contributed by atoms with Crippen LogP contribution in [0.1, 0.15) is 57.8 Å². The number of carbonyl (C=O) groups excluding carboxylic acids is 2. The van der Waals surface area contributed by atoms with Crippen molar-refractivity contribution in [1.82, 2.24) is 15.5 Å². The van der Waals surface area contributed by atoms with E-state index in [4.69, 9.17) is 0 Å². The predicted octanol–water partition coefficient (Wildman–Crippen LogP) is 2.10. The Balaban J connectivity index is 0.00000208. The molecule has 5 nitrogen and oxygen atoms in total. The molecule has 138 valence electrons. The van der Waals surface area contributed by atoms with Crippen molar-refractivity contribution in [2.45, 2.75) is 63.8 Å². The minimum atomic E-state index is 0. The summed E-state index contributed by atoms with van der Waals surface area (Å²) in [5.74, 6) is 1.40. The molecule has 0 aromatic heterocycles. The van der Waals surface area contributed by atoms with E-state index in [0.717, 1.165) is 45.3 Å². The van der Waals surface area contributed by atoms with E-state index in [1.807, 2.05) is 4.90 Å². The number of hydrogen-bond donors (Lipinski definition) is 2. The van der Waals surface area contributed by atoms with Crippen molar-refractivity contribution in [3.63, 3.8) is 0 Å². The van der Waals surface area contributed by atoms with Gasteiger partial charge in [0, 0.05) is 31.5 Å². The van der Waals surface area contributed by atoms with E-state index < -0.39 is 0 Å². The van der Waals surface area contributed by atoms with Crippen LogP contribution in [0.2, 0.25) is 0 Å². The first-order valence-electron chi connectivity index (χ1n) is 9.51. The molecule has 3 fully saturated rings. The van der Waals surface area contributed by atoms with Gasteiger partial charge in [-0.25, -0.2) is 0 Å². The van der Waals surface area contributed by atoms with Crippen LogP contribution in [0, 0.1) is 11.8 Å². The number of halogens is 1. The van der Waals surface area contributed by atoms with Crippen molar-refractivity contribution in [3.8, 4) is 0 Å². The Morgan fingerprint density at radius 3 is 2.58 bits per heavy atom. The summed E-state index contributed by atoms with van der Waals surface area (Å²) in [6.07, 6.45) is 9.49. The Morgan fingerprint density at radius 1 is 1.08 bits per heavy atom. The minimum absolute atomic E-state index is 0. The average Bonchev–Trinajstić information content (AvgIpc) is 3.25. The predicted molar refractivity (Wildman–Crippen MR) is 97.2 cm³/mol. The monoisotopic (exact) mass is 357 g/mol. The second-order valence-electron chi connectivity index (χ2n) is 7.57. The van der Waals surface area contributed by atoms with E-state index >= 15 is 0 Å². The summed E-state index contributed by atoms with van der Waals surface area (Å²) in [7, 11) is 0. The Labute approximate surface area is 151 Å². The summed E-state index contributed by atoms with van der Waals surface area (Å²) in [4.78, 5) is 26.6.